The van der Waals surface area contributed by atoms with E-state index in [4.69, 9.17) is 17.1 Å². The molecule has 4 aromatic heterocycles. The van der Waals surface area contributed by atoms with Gasteiger partial charge in [-0.3, -0.25) is 18.4 Å². The molecule has 6 aromatic rings. The van der Waals surface area contributed by atoms with Crippen molar-refractivity contribution in [2.45, 2.75) is 26.7 Å². The van der Waals surface area contributed by atoms with Gasteiger partial charge in [-0.1, -0.05) is 26.0 Å². The van der Waals surface area contributed by atoms with Crippen molar-refractivity contribution in [3.05, 3.63) is 135 Å². The molecule has 0 aliphatic carbocycles. The van der Waals surface area contributed by atoms with Crippen LogP contribution >= 0.6 is 22.6 Å². The van der Waals surface area contributed by atoms with E-state index >= 15 is 0 Å². The first-order chi connectivity index (χ1) is 21.8. The van der Waals surface area contributed by atoms with E-state index in [0.717, 1.165) is 11.3 Å². The average molecular weight is 773 g/mol. The number of aromatic hydroxyl groups is 2. The van der Waals surface area contributed by atoms with Gasteiger partial charge in [0.15, 0.2) is 0 Å². The van der Waals surface area contributed by atoms with Crippen molar-refractivity contribution in [2.75, 3.05) is 0 Å². The number of aryl methyl sites for hydroxylation is 2. The number of hydrogen-bond acceptors (Lipinski definition) is 8. The number of ketones is 2. The molecule has 2 N–H and O–H groups in total. The Morgan fingerprint density at radius 3 is 1.67 bits per heavy atom. The maximum atomic E-state index is 12.8. The van der Waals surface area contributed by atoms with E-state index < -0.39 is 0 Å². The Bertz CT molecular complexity index is 2110. The number of pyridine rings is 2. The van der Waals surface area contributed by atoms with Gasteiger partial charge in [0.1, 0.15) is 40.3 Å². The SMILES string of the molecule is CCc1nc2ccccn2c1C(=O)c1ccc(O)c(C#N)c1.CCc1nc2ccccn2c1C(=O)c1ccc(O)c(I)c1.[C-]#N.[Cu+]. The summed E-state index contributed by atoms with van der Waals surface area (Å²) < 4.78 is 4.23. The quantitative estimate of drug-likeness (QED) is 0.0873. The van der Waals surface area contributed by atoms with E-state index in [-0.39, 0.29) is 45.7 Å². The Morgan fingerprint density at radius 2 is 1.24 bits per heavy atom. The Labute approximate surface area is 289 Å². The molecule has 0 bridgehead atoms. The molecule has 0 aliphatic rings. The van der Waals surface area contributed by atoms with Crippen LogP contribution in [-0.4, -0.2) is 40.5 Å². The average Bonchev–Trinajstić information content (AvgIpc) is 3.65. The molecule has 0 unspecified atom stereocenters. The molecule has 0 spiro atoms. The molecule has 6 rings (SSSR count). The maximum absolute atomic E-state index is 12.8. The van der Waals surface area contributed by atoms with E-state index in [9.17, 15) is 19.8 Å². The van der Waals surface area contributed by atoms with Crippen LogP contribution in [0.4, 0.5) is 0 Å². The van der Waals surface area contributed by atoms with Crippen molar-refractivity contribution >= 4 is 45.5 Å². The fourth-order valence-corrected chi connectivity index (χ4v) is 5.27. The number of aromatic nitrogens is 4. The maximum Gasteiger partial charge on any atom is 1.00 e. The first kappa shape index (κ1) is 35.5. The number of imidazole rings is 2. The van der Waals surface area contributed by atoms with Crippen molar-refractivity contribution < 1.29 is 36.9 Å². The van der Waals surface area contributed by atoms with Crippen LogP contribution in [0.5, 0.6) is 11.5 Å². The summed E-state index contributed by atoms with van der Waals surface area (Å²) in [5.41, 5.74) is 5.05. The van der Waals surface area contributed by atoms with Gasteiger partial charge in [-0.05, 0) is 96.1 Å². The molecule has 0 aliphatic heterocycles. The van der Waals surface area contributed by atoms with Crippen molar-refractivity contribution in [1.29, 1.82) is 10.5 Å². The van der Waals surface area contributed by atoms with Gasteiger partial charge in [-0.2, -0.15) is 5.26 Å². The molecular weight excluding hydrogens is 747 g/mol. The second kappa shape index (κ2) is 15.8. The van der Waals surface area contributed by atoms with Crippen LogP contribution in [0.25, 0.3) is 11.3 Å². The fourth-order valence-electron chi connectivity index (χ4n) is 4.75. The number of fused-ring (bicyclic) bond motifs is 2. The molecule has 0 saturated heterocycles. The molecule has 4 heterocycles. The molecule has 12 heteroatoms. The first-order valence-electron chi connectivity index (χ1n) is 13.7. The smallest absolute Gasteiger partial charge is 0.512 e. The number of rotatable bonds is 6. The summed E-state index contributed by atoms with van der Waals surface area (Å²) >= 11 is 2.01. The fraction of sp³-hybridized carbons (Fsp3) is 0.118. The van der Waals surface area contributed by atoms with Crippen LogP contribution in [0.15, 0.2) is 85.2 Å². The molecule has 0 saturated carbocycles. The minimum Gasteiger partial charge on any atom is -0.512 e. The van der Waals surface area contributed by atoms with Gasteiger partial charge < -0.3 is 22.0 Å². The van der Waals surface area contributed by atoms with Crippen molar-refractivity contribution in [3.63, 3.8) is 0 Å². The number of carbonyl (C=O) groups is 2. The molecule has 2 aromatic carbocycles. The second-order valence-corrected chi connectivity index (χ2v) is 10.7. The van der Waals surface area contributed by atoms with Crippen molar-refractivity contribution in [3.8, 4) is 17.6 Å². The minimum absolute atomic E-state index is 0. The summed E-state index contributed by atoms with van der Waals surface area (Å²) in [6.07, 6.45) is 4.96. The van der Waals surface area contributed by atoms with Crippen LogP contribution in [0.2, 0.25) is 0 Å². The van der Waals surface area contributed by atoms with Gasteiger partial charge in [0.05, 0.1) is 20.5 Å². The van der Waals surface area contributed by atoms with Gasteiger partial charge >= 0.3 is 17.1 Å². The Morgan fingerprint density at radius 1 is 0.783 bits per heavy atom. The normalized spacial score (nSPS) is 10.1. The molecule has 0 atom stereocenters. The van der Waals surface area contributed by atoms with Crippen LogP contribution in [0.1, 0.15) is 62.9 Å². The predicted octanol–water partition coefficient (Wildman–Crippen LogP) is 6.24. The third-order valence-electron chi connectivity index (χ3n) is 6.89. The third kappa shape index (κ3) is 7.11. The van der Waals surface area contributed by atoms with E-state index in [1.54, 1.807) is 28.8 Å². The molecular formula is C34H26CuIN6O4. The standard InChI is InChI=1S/C17H13N3O2.C16H13IN2O2.CN.Cu/c1-2-13-16(20-8-4-3-5-15(20)19-13)17(22)11-6-7-14(21)12(9-11)10-18;1-2-12-15(19-8-4-3-5-14(19)18-12)16(21)10-6-7-13(20)11(17)9-10;1-2;/h3-9,21H,2H2,1H3;3-9,20H,2H2,1H3;;/q;;-1;+1. The number of nitriles is 1. The van der Waals surface area contributed by atoms with E-state index in [1.165, 1.54) is 18.2 Å². The van der Waals surface area contributed by atoms with Gasteiger partial charge in [0.2, 0.25) is 11.6 Å². The molecule has 46 heavy (non-hydrogen) atoms. The van der Waals surface area contributed by atoms with E-state index in [2.05, 4.69) is 9.97 Å². The monoisotopic (exact) mass is 772 g/mol. The van der Waals surface area contributed by atoms with Crippen molar-refractivity contribution in [1.82, 2.24) is 18.8 Å². The summed E-state index contributed by atoms with van der Waals surface area (Å²) in [6, 6.07) is 22.2. The van der Waals surface area contributed by atoms with Gasteiger partial charge in [-0.25, -0.2) is 9.97 Å². The zero-order valence-electron chi connectivity index (χ0n) is 24.6. The van der Waals surface area contributed by atoms with Crippen LogP contribution in [-0.2, 0) is 29.9 Å². The minimum atomic E-state index is -0.216. The Hall–Kier alpha value is -5.01. The summed E-state index contributed by atoms with van der Waals surface area (Å²) in [5.74, 6) is -0.246. The first-order valence-corrected chi connectivity index (χ1v) is 14.8. The van der Waals surface area contributed by atoms with Crippen LogP contribution in [0, 0.1) is 26.7 Å². The Balaban J connectivity index is 0.000000233. The van der Waals surface area contributed by atoms with Crippen LogP contribution in [0.3, 0.4) is 0 Å². The number of phenolic OH excluding ortho intramolecular Hbond substituents is 2. The number of carbonyl (C=O) groups excluding carboxylic acids is 2. The third-order valence-corrected chi connectivity index (χ3v) is 7.76. The van der Waals surface area contributed by atoms with Gasteiger partial charge in [0, 0.05) is 23.5 Å². The number of nitrogens with zero attached hydrogens (tertiary/aromatic N) is 6. The summed E-state index contributed by atoms with van der Waals surface area (Å²) in [6.45, 7) is 8.68. The molecule has 0 amide bonds. The molecule has 10 nitrogen and oxygen atoms in total. The van der Waals surface area contributed by atoms with Gasteiger partial charge in [0.25, 0.3) is 0 Å². The van der Waals surface area contributed by atoms with E-state index in [1.807, 2.05) is 89.5 Å². The Kier molecular flexibility index (Phi) is 12.2. The topological polar surface area (TPSA) is 157 Å². The van der Waals surface area contributed by atoms with Crippen molar-refractivity contribution in [2.24, 2.45) is 0 Å². The molecule has 234 valence electrons. The number of phenols is 2. The van der Waals surface area contributed by atoms with E-state index in [0.29, 0.717) is 50.3 Å². The second-order valence-electron chi connectivity index (χ2n) is 9.55. The summed E-state index contributed by atoms with van der Waals surface area (Å²) in [7, 11) is 0. The number of hydrogen-bond donors (Lipinski definition) is 2. The zero-order valence-corrected chi connectivity index (χ0v) is 27.7. The molecule has 0 fully saturated rings. The number of halogens is 1. The van der Waals surface area contributed by atoms with Gasteiger partial charge in [-0.15, -0.1) is 0 Å². The summed E-state index contributed by atoms with van der Waals surface area (Å²) in [5, 5.41) is 34.4. The predicted molar refractivity (Wildman–Crippen MR) is 175 cm³/mol. The summed E-state index contributed by atoms with van der Waals surface area (Å²) in [4.78, 5) is 34.6. The van der Waals surface area contributed by atoms with Crippen LogP contribution < -0.4 is 0 Å². The molecule has 0 radical (unpaired) electrons. The number of benzene rings is 2. The largest absolute Gasteiger partial charge is 1.00 e. The zero-order chi connectivity index (χ0) is 32.7.